The molecular weight excluding hydrogens is 260 g/mol. The number of carbonyl (C=O) groups excluding carboxylic acids is 1. The Hall–Kier alpha value is -2.56. The number of carboxylic acids is 1. The molecule has 0 saturated carbocycles. The average Bonchev–Trinajstić information content (AvgIpc) is 2.41. The van der Waals surface area contributed by atoms with E-state index in [-0.39, 0.29) is 18.6 Å². The first-order valence-electron chi connectivity index (χ1n) is 6.12. The second kappa shape index (κ2) is 5.61. The summed E-state index contributed by atoms with van der Waals surface area (Å²) in [6, 6.07) is 8.45. The molecule has 2 aromatic carbocycles. The molecule has 0 aliphatic rings. The lowest BCUT2D eigenvalue weighted by Crippen LogP contribution is -2.10. The van der Waals surface area contributed by atoms with Gasteiger partial charge in [-0.25, -0.2) is 0 Å². The van der Waals surface area contributed by atoms with Gasteiger partial charge in [-0.05, 0) is 41.5 Å². The van der Waals surface area contributed by atoms with Gasteiger partial charge in [0.05, 0.1) is 12.8 Å². The van der Waals surface area contributed by atoms with Gasteiger partial charge in [0, 0.05) is 0 Å². The lowest BCUT2D eigenvalue weighted by molar-refractivity contribution is -0.142. The topological polar surface area (TPSA) is 83.8 Å². The number of phenolic OH excluding ortho intramolecular Hbond substituents is 1. The van der Waals surface area contributed by atoms with Crippen LogP contribution >= 0.6 is 0 Å². The molecule has 104 valence electrons. The maximum Gasteiger partial charge on any atom is 0.311 e. The number of ether oxygens (including phenoxy) is 1. The van der Waals surface area contributed by atoms with E-state index in [4.69, 9.17) is 9.84 Å². The molecule has 2 aromatic rings. The van der Waals surface area contributed by atoms with Crippen LogP contribution in [0.15, 0.2) is 30.3 Å². The van der Waals surface area contributed by atoms with Gasteiger partial charge < -0.3 is 14.9 Å². The molecule has 0 heterocycles. The second-order valence-electron chi connectivity index (χ2n) is 4.46. The molecule has 0 aromatic heterocycles. The third-order valence-corrected chi connectivity index (χ3v) is 3.01. The lowest BCUT2D eigenvalue weighted by atomic mass is 10.0. The molecule has 0 saturated heterocycles. The van der Waals surface area contributed by atoms with Crippen molar-refractivity contribution in [2.45, 2.75) is 19.8 Å². The number of aliphatic carboxylic acids is 1. The van der Waals surface area contributed by atoms with Crippen molar-refractivity contribution in [2.75, 3.05) is 0 Å². The Morgan fingerprint density at radius 2 is 1.85 bits per heavy atom. The highest BCUT2D eigenvalue weighted by Crippen LogP contribution is 2.29. The van der Waals surface area contributed by atoms with Gasteiger partial charge >= 0.3 is 11.9 Å². The first-order valence-corrected chi connectivity index (χ1v) is 6.12. The third kappa shape index (κ3) is 3.06. The van der Waals surface area contributed by atoms with Crippen LogP contribution in [0.2, 0.25) is 0 Å². The number of aromatic hydroxyl groups is 1. The van der Waals surface area contributed by atoms with E-state index in [2.05, 4.69) is 0 Å². The molecular formula is C15H14O5. The Balaban J connectivity index is 2.21. The summed E-state index contributed by atoms with van der Waals surface area (Å²) >= 11 is 0. The van der Waals surface area contributed by atoms with Gasteiger partial charge in [0.1, 0.15) is 11.5 Å². The lowest BCUT2D eigenvalue weighted by Gasteiger charge is -2.08. The predicted molar refractivity (Wildman–Crippen MR) is 72.9 cm³/mol. The maximum absolute atomic E-state index is 11.5. The van der Waals surface area contributed by atoms with Crippen LogP contribution in [-0.2, 0) is 9.59 Å². The van der Waals surface area contributed by atoms with E-state index >= 15 is 0 Å². The zero-order valence-corrected chi connectivity index (χ0v) is 10.9. The standard InChI is InChI=1S/C15H14O5/c1-9-12-8-11(20-15(19)7-6-14(17)18)4-2-10(12)3-5-13(9)16/h2-5,8,16H,6-7H2,1H3,(H,17,18). The Bertz CT molecular complexity index is 675. The molecule has 0 radical (unpaired) electrons. The van der Waals surface area contributed by atoms with Crippen molar-refractivity contribution in [1.82, 2.24) is 0 Å². The number of phenols is 1. The average molecular weight is 274 g/mol. The molecule has 0 bridgehead atoms. The molecule has 0 aliphatic heterocycles. The van der Waals surface area contributed by atoms with Crippen LogP contribution in [0.1, 0.15) is 18.4 Å². The Morgan fingerprint density at radius 1 is 1.15 bits per heavy atom. The second-order valence-corrected chi connectivity index (χ2v) is 4.46. The van der Waals surface area contributed by atoms with E-state index in [1.165, 1.54) is 0 Å². The van der Waals surface area contributed by atoms with Gasteiger partial charge in [-0.1, -0.05) is 12.1 Å². The zero-order chi connectivity index (χ0) is 14.7. The molecule has 5 nitrogen and oxygen atoms in total. The molecule has 0 aliphatic carbocycles. The van der Waals surface area contributed by atoms with Crippen LogP contribution in [0, 0.1) is 6.92 Å². The summed E-state index contributed by atoms with van der Waals surface area (Å²) in [5, 5.41) is 19.9. The number of rotatable bonds is 4. The predicted octanol–water partition coefficient (Wildman–Crippen LogP) is 2.62. The van der Waals surface area contributed by atoms with E-state index in [9.17, 15) is 14.7 Å². The molecule has 0 spiro atoms. The number of fused-ring (bicyclic) bond motifs is 1. The summed E-state index contributed by atoms with van der Waals surface area (Å²) in [5.41, 5.74) is 0.700. The summed E-state index contributed by atoms with van der Waals surface area (Å²) in [4.78, 5) is 21.8. The molecule has 0 atom stereocenters. The summed E-state index contributed by atoms with van der Waals surface area (Å²) in [6.07, 6.45) is -0.432. The number of hydrogen-bond acceptors (Lipinski definition) is 4. The molecule has 2 rings (SSSR count). The Labute approximate surface area is 115 Å². The smallest absolute Gasteiger partial charge is 0.311 e. The van der Waals surface area contributed by atoms with Gasteiger partial charge in [0.2, 0.25) is 0 Å². The normalized spacial score (nSPS) is 10.4. The van der Waals surface area contributed by atoms with Crippen molar-refractivity contribution in [1.29, 1.82) is 0 Å². The van der Waals surface area contributed by atoms with Crippen LogP contribution in [-0.4, -0.2) is 22.2 Å². The van der Waals surface area contributed by atoms with E-state index < -0.39 is 11.9 Å². The van der Waals surface area contributed by atoms with Crippen LogP contribution < -0.4 is 4.74 Å². The first-order chi connectivity index (χ1) is 9.47. The SMILES string of the molecule is Cc1c(O)ccc2ccc(OC(=O)CCC(=O)O)cc12. The first kappa shape index (κ1) is 13.9. The fraction of sp³-hybridized carbons (Fsp3) is 0.200. The minimum atomic E-state index is -1.04. The van der Waals surface area contributed by atoms with Crippen molar-refractivity contribution in [3.63, 3.8) is 0 Å². The Morgan fingerprint density at radius 3 is 2.55 bits per heavy atom. The number of carboxylic acid groups (broad SMARTS) is 1. The highest BCUT2D eigenvalue weighted by atomic mass is 16.5. The fourth-order valence-corrected chi connectivity index (χ4v) is 1.89. The van der Waals surface area contributed by atoms with E-state index in [1.54, 1.807) is 37.3 Å². The maximum atomic E-state index is 11.5. The summed E-state index contributed by atoms with van der Waals surface area (Å²) in [6.45, 7) is 1.77. The molecule has 0 fully saturated rings. The van der Waals surface area contributed by atoms with Crippen molar-refractivity contribution >= 4 is 22.7 Å². The van der Waals surface area contributed by atoms with Gasteiger partial charge in [0.15, 0.2) is 0 Å². The largest absolute Gasteiger partial charge is 0.508 e. The van der Waals surface area contributed by atoms with Crippen molar-refractivity contribution in [3.05, 3.63) is 35.9 Å². The monoisotopic (exact) mass is 274 g/mol. The molecule has 2 N–H and O–H groups in total. The van der Waals surface area contributed by atoms with Gasteiger partial charge in [-0.15, -0.1) is 0 Å². The van der Waals surface area contributed by atoms with Crippen LogP contribution in [0.25, 0.3) is 10.8 Å². The summed E-state index contributed by atoms with van der Waals surface area (Å²) in [5.74, 6) is -1.13. The number of hydrogen-bond donors (Lipinski definition) is 2. The number of benzene rings is 2. The number of carbonyl (C=O) groups is 2. The number of esters is 1. The molecule has 0 unspecified atom stereocenters. The molecule has 20 heavy (non-hydrogen) atoms. The minimum absolute atomic E-state index is 0.173. The van der Waals surface area contributed by atoms with Gasteiger partial charge in [0.25, 0.3) is 0 Å². The van der Waals surface area contributed by atoms with Crippen LogP contribution in [0.3, 0.4) is 0 Å². The Kier molecular flexibility index (Phi) is 3.89. The highest BCUT2D eigenvalue weighted by Gasteiger charge is 2.09. The van der Waals surface area contributed by atoms with E-state index in [0.717, 1.165) is 10.8 Å². The number of aryl methyl sites for hydroxylation is 1. The van der Waals surface area contributed by atoms with Crippen molar-refractivity contribution in [3.8, 4) is 11.5 Å². The van der Waals surface area contributed by atoms with Gasteiger partial charge in [-0.2, -0.15) is 0 Å². The van der Waals surface area contributed by atoms with E-state index in [0.29, 0.717) is 11.3 Å². The summed E-state index contributed by atoms with van der Waals surface area (Å²) in [7, 11) is 0. The third-order valence-electron chi connectivity index (χ3n) is 3.01. The highest BCUT2D eigenvalue weighted by molar-refractivity contribution is 5.89. The molecule has 0 amide bonds. The van der Waals surface area contributed by atoms with E-state index in [1.807, 2.05) is 0 Å². The van der Waals surface area contributed by atoms with Crippen LogP contribution in [0.4, 0.5) is 0 Å². The van der Waals surface area contributed by atoms with Gasteiger partial charge in [-0.3, -0.25) is 9.59 Å². The zero-order valence-electron chi connectivity index (χ0n) is 10.9. The quantitative estimate of drug-likeness (QED) is 0.661. The fourth-order valence-electron chi connectivity index (χ4n) is 1.89. The minimum Gasteiger partial charge on any atom is -0.508 e. The summed E-state index contributed by atoms with van der Waals surface area (Å²) < 4.78 is 5.08. The molecule has 5 heteroatoms. The van der Waals surface area contributed by atoms with Crippen LogP contribution in [0.5, 0.6) is 11.5 Å². The van der Waals surface area contributed by atoms with Crippen molar-refractivity contribution in [2.24, 2.45) is 0 Å². The van der Waals surface area contributed by atoms with Crippen molar-refractivity contribution < 1.29 is 24.5 Å².